The smallest absolute Gasteiger partial charge is 0.313 e. The number of carboxylic acids is 1. The van der Waals surface area contributed by atoms with Crippen molar-refractivity contribution in [3.05, 3.63) is 28.2 Å². The van der Waals surface area contributed by atoms with Gasteiger partial charge in [-0.25, -0.2) is 0 Å². The molecule has 0 aliphatic carbocycles. The first-order chi connectivity index (χ1) is 9.00. The van der Waals surface area contributed by atoms with Crippen LogP contribution in [-0.2, 0) is 11.8 Å². The van der Waals surface area contributed by atoms with E-state index in [1.807, 2.05) is 0 Å². The van der Waals surface area contributed by atoms with Crippen LogP contribution in [0.3, 0.4) is 0 Å². The summed E-state index contributed by atoms with van der Waals surface area (Å²) in [6.45, 7) is 0. The molecule has 0 radical (unpaired) electrons. The van der Waals surface area contributed by atoms with Crippen molar-refractivity contribution in [2.75, 3.05) is 5.75 Å². The molecule has 0 aliphatic rings. The van der Waals surface area contributed by atoms with E-state index in [0.717, 1.165) is 11.8 Å². The number of aromatic nitrogens is 3. The molecule has 0 bridgehead atoms. The topological polar surface area (TPSA) is 68.0 Å². The Morgan fingerprint density at radius 2 is 2.16 bits per heavy atom. The predicted octanol–water partition coefficient (Wildman–Crippen LogP) is 2.97. The highest BCUT2D eigenvalue weighted by atomic mass is 35.5. The normalized spacial score (nSPS) is 10.7. The van der Waals surface area contributed by atoms with Gasteiger partial charge in [0.25, 0.3) is 0 Å². The molecule has 5 nitrogen and oxygen atoms in total. The fraction of sp³-hybridized carbons (Fsp3) is 0.182. The van der Waals surface area contributed by atoms with Crippen molar-refractivity contribution in [1.29, 1.82) is 0 Å². The molecule has 0 atom stereocenters. The van der Waals surface area contributed by atoms with E-state index in [4.69, 9.17) is 28.3 Å². The number of aliphatic carboxylic acids is 1. The maximum Gasteiger partial charge on any atom is 0.313 e. The molecule has 0 saturated carbocycles. The summed E-state index contributed by atoms with van der Waals surface area (Å²) in [7, 11) is 1.75. The number of halogens is 2. The Bertz CT molecular complexity index is 630. The van der Waals surface area contributed by atoms with Gasteiger partial charge in [-0.2, -0.15) is 0 Å². The maximum atomic E-state index is 10.5. The summed E-state index contributed by atoms with van der Waals surface area (Å²) >= 11 is 13.2. The zero-order valence-electron chi connectivity index (χ0n) is 9.80. The van der Waals surface area contributed by atoms with E-state index in [9.17, 15) is 4.79 Å². The summed E-state index contributed by atoms with van der Waals surface area (Å²) in [5.41, 5.74) is 0.659. The summed E-state index contributed by atoms with van der Waals surface area (Å²) < 4.78 is 1.69. The standard InChI is InChI=1S/C11H9Cl2N3O2S/c1-16-10(6-3-2-4-7(12)9(6)13)14-15-11(16)19-5-8(17)18/h2-4H,5H2,1H3,(H,17,18). The van der Waals surface area contributed by atoms with Gasteiger partial charge in [0.1, 0.15) is 0 Å². The SMILES string of the molecule is Cn1c(SCC(=O)O)nnc1-c1cccc(Cl)c1Cl. The van der Waals surface area contributed by atoms with E-state index in [1.165, 1.54) is 0 Å². The molecule has 2 rings (SSSR count). The Morgan fingerprint density at radius 1 is 1.42 bits per heavy atom. The number of carboxylic acid groups (broad SMARTS) is 1. The van der Waals surface area contributed by atoms with Crippen molar-refractivity contribution in [2.45, 2.75) is 5.16 Å². The molecule has 1 aromatic heterocycles. The van der Waals surface area contributed by atoms with E-state index in [-0.39, 0.29) is 5.75 Å². The van der Waals surface area contributed by atoms with Crippen LogP contribution < -0.4 is 0 Å². The van der Waals surface area contributed by atoms with Crippen molar-refractivity contribution in [1.82, 2.24) is 14.8 Å². The number of rotatable bonds is 4. The highest BCUT2D eigenvalue weighted by Gasteiger charge is 2.15. The minimum absolute atomic E-state index is 0.0742. The molecule has 0 spiro atoms. The monoisotopic (exact) mass is 317 g/mol. The highest BCUT2D eigenvalue weighted by Crippen LogP contribution is 2.33. The van der Waals surface area contributed by atoms with Crippen LogP contribution in [-0.4, -0.2) is 31.6 Å². The highest BCUT2D eigenvalue weighted by molar-refractivity contribution is 7.99. The number of carbonyl (C=O) groups is 1. The second-order valence-corrected chi connectivity index (χ2v) is 5.38. The van der Waals surface area contributed by atoms with Gasteiger partial charge in [0, 0.05) is 12.6 Å². The van der Waals surface area contributed by atoms with Crippen LogP contribution in [0.25, 0.3) is 11.4 Å². The van der Waals surface area contributed by atoms with Gasteiger partial charge < -0.3 is 9.67 Å². The largest absolute Gasteiger partial charge is 0.481 e. The molecule has 8 heteroatoms. The number of hydrogen-bond acceptors (Lipinski definition) is 4. The maximum absolute atomic E-state index is 10.5. The van der Waals surface area contributed by atoms with Crippen molar-refractivity contribution in [3.63, 3.8) is 0 Å². The molecule has 19 heavy (non-hydrogen) atoms. The Balaban J connectivity index is 2.36. The average molecular weight is 318 g/mol. The number of nitrogens with zero attached hydrogens (tertiary/aromatic N) is 3. The third-order valence-electron chi connectivity index (χ3n) is 2.35. The first-order valence-corrected chi connectivity index (χ1v) is 6.93. The van der Waals surface area contributed by atoms with E-state index < -0.39 is 5.97 Å². The number of hydrogen-bond donors (Lipinski definition) is 1. The minimum Gasteiger partial charge on any atom is -0.481 e. The Morgan fingerprint density at radius 3 is 2.84 bits per heavy atom. The van der Waals surface area contributed by atoms with Crippen molar-refractivity contribution < 1.29 is 9.90 Å². The summed E-state index contributed by atoms with van der Waals surface area (Å²) in [5.74, 6) is -0.439. The first kappa shape index (κ1) is 14.2. The molecule has 2 aromatic rings. The molecular weight excluding hydrogens is 309 g/mol. The van der Waals surface area contributed by atoms with Crippen molar-refractivity contribution >= 4 is 40.9 Å². The molecule has 0 aliphatic heterocycles. The zero-order chi connectivity index (χ0) is 14.0. The summed E-state index contributed by atoms with van der Waals surface area (Å²) in [6, 6.07) is 5.23. The van der Waals surface area contributed by atoms with Crippen LogP contribution in [0, 0.1) is 0 Å². The summed E-state index contributed by atoms with van der Waals surface area (Å²) in [5, 5.41) is 18.0. The van der Waals surface area contributed by atoms with Crippen LogP contribution in [0.1, 0.15) is 0 Å². The van der Waals surface area contributed by atoms with Crippen LogP contribution in [0.5, 0.6) is 0 Å². The molecule has 0 fully saturated rings. The van der Waals surface area contributed by atoms with Gasteiger partial charge in [0.15, 0.2) is 11.0 Å². The fourth-order valence-corrected chi connectivity index (χ4v) is 2.49. The molecule has 1 aromatic carbocycles. The number of benzene rings is 1. The van der Waals surface area contributed by atoms with Gasteiger partial charge >= 0.3 is 5.97 Å². The summed E-state index contributed by atoms with van der Waals surface area (Å²) in [4.78, 5) is 10.5. The zero-order valence-corrected chi connectivity index (χ0v) is 12.1. The third-order valence-corrected chi connectivity index (χ3v) is 4.18. The van der Waals surface area contributed by atoms with Crippen LogP contribution >= 0.6 is 35.0 Å². The van der Waals surface area contributed by atoms with Crippen molar-refractivity contribution in [3.8, 4) is 11.4 Å². The second kappa shape index (κ2) is 5.81. The molecule has 100 valence electrons. The Hall–Kier alpha value is -1.24. The van der Waals surface area contributed by atoms with E-state index in [1.54, 1.807) is 29.8 Å². The van der Waals surface area contributed by atoms with E-state index in [2.05, 4.69) is 10.2 Å². The van der Waals surface area contributed by atoms with Gasteiger partial charge in [0.05, 0.1) is 15.8 Å². The van der Waals surface area contributed by atoms with Gasteiger partial charge in [0.2, 0.25) is 0 Å². The minimum atomic E-state index is -0.907. The van der Waals surface area contributed by atoms with Gasteiger partial charge in [-0.3, -0.25) is 4.79 Å². The molecule has 0 unspecified atom stereocenters. The fourth-order valence-electron chi connectivity index (χ4n) is 1.48. The Kier molecular flexibility index (Phi) is 4.34. The third kappa shape index (κ3) is 3.02. The van der Waals surface area contributed by atoms with Gasteiger partial charge in [-0.15, -0.1) is 10.2 Å². The lowest BCUT2D eigenvalue weighted by atomic mass is 10.2. The average Bonchev–Trinajstić information content (AvgIpc) is 2.72. The Labute approximate surface area is 123 Å². The number of thioether (sulfide) groups is 1. The molecule has 1 heterocycles. The lowest BCUT2D eigenvalue weighted by molar-refractivity contribution is -0.133. The quantitative estimate of drug-likeness (QED) is 0.878. The van der Waals surface area contributed by atoms with Crippen molar-refractivity contribution in [2.24, 2.45) is 7.05 Å². The van der Waals surface area contributed by atoms with Gasteiger partial charge in [-0.05, 0) is 12.1 Å². The lowest BCUT2D eigenvalue weighted by Crippen LogP contribution is -2.01. The van der Waals surface area contributed by atoms with E-state index in [0.29, 0.717) is 26.6 Å². The van der Waals surface area contributed by atoms with Crippen LogP contribution in [0.2, 0.25) is 10.0 Å². The predicted molar refractivity (Wildman–Crippen MR) is 74.8 cm³/mol. The van der Waals surface area contributed by atoms with Crippen LogP contribution in [0.15, 0.2) is 23.4 Å². The summed E-state index contributed by atoms with van der Waals surface area (Å²) in [6.07, 6.45) is 0. The molecule has 0 amide bonds. The molecular formula is C11H9Cl2N3O2S. The lowest BCUT2D eigenvalue weighted by Gasteiger charge is -2.05. The van der Waals surface area contributed by atoms with Crippen LogP contribution in [0.4, 0.5) is 0 Å². The van der Waals surface area contributed by atoms with Gasteiger partial charge in [-0.1, -0.05) is 41.0 Å². The second-order valence-electron chi connectivity index (χ2n) is 3.65. The molecule has 0 saturated heterocycles. The first-order valence-electron chi connectivity index (χ1n) is 5.19. The van der Waals surface area contributed by atoms with E-state index >= 15 is 0 Å². The molecule has 1 N–H and O–H groups in total.